The Hall–Kier alpha value is -2.22. The van der Waals surface area contributed by atoms with Crippen molar-refractivity contribution >= 4 is 23.2 Å². The van der Waals surface area contributed by atoms with Gasteiger partial charge in [0.25, 0.3) is 0 Å². The predicted octanol–water partition coefficient (Wildman–Crippen LogP) is 1.62. The first-order chi connectivity index (χ1) is 10.1. The molecular weight excluding hydrogens is 292 g/mol. The van der Waals surface area contributed by atoms with Crippen molar-refractivity contribution in [1.29, 1.82) is 0 Å². The fraction of sp³-hybridized carbons (Fsp3) is 0.385. The van der Waals surface area contributed by atoms with E-state index < -0.39 is 17.9 Å². The van der Waals surface area contributed by atoms with Crippen molar-refractivity contribution in [3.05, 3.63) is 23.2 Å². The van der Waals surface area contributed by atoms with Gasteiger partial charge in [-0.25, -0.2) is 9.48 Å². The molecule has 112 valence electrons. The molecule has 2 N–H and O–H groups in total. The predicted molar refractivity (Wildman–Crippen MR) is 77.8 cm³/mol. The van der Waals surface area contributed by atoms with Crippen LogP contribution in [0.15, 0.2) is 17.5 Å². The van der Waals surface area contributed by atoms with Gasteiger partial charge in [-0.05, 0) is 24.8 Å². The molecule has 0 aromatic carbocycles. The van der Waals surface area contributed by atoms with Crippen molar-refractivity contribution in [2.45, 2.75) is 26.3 Å². The summed E-state index contributed by atoms with van der Waals surface area (Å²) in [5.74, 6) is -1.08. The first kappa shape index (κ1) is 15.2. The standard InChI is InChI=1S/C13H16N4O3S/c1-3-8(12(14)18)17-11(9-6-5-7-21-9)10(15-16-17)13(19)20-4-2/h5-8H,3-4H2,1-2H3,(H2,14,18). The average molecular weight is 308 g/mol. The molecule has 8 heteroatoms. The second-order valence-electron chi connectivity index (χ2n) is 4.26. The molecule has 2 rings (SSSR count). The highest BCUT2D eigenvalue weighted by atomic mass is 32.1. The number of carbonyl (C=O) groups excluding carboxylic acids is 2. The zero-order valence-electron chi connectivity index (χ0n) is 11.8. The van der Waals surface area contributed by atoms with Gasteiger partial charge >= 0.3 is 5.97 Å². The molecule has 0 saturated heterocycles. The van der Waals surface area contributed by atoms with Crippen LogP contribution in [0.2, 0.25) is 0 Å². The Balaban J connectivity index is 2.57. The molecule has 0 aliphatic heterocycles. The van der Waals surface area contributed by atoms with Crippen LogP contribution in [0.4, 0.5) is 0 Å². The van der Waals surface area contributed by atoms with Gasteiger partial charge in [0.1, 0.15) is 11.7 Å². The second-order valence-corrected chi connectivity index (χ2v) is 5.20. The maximum absolute atomic E-state index is 12.0. The van der Waals surface area contributed by atoms with Crippen molar-refractivity contribution in [2.75, 3.05) is 6.61 Å². The van der Waals surface area contributed by atoms with E-state index in [1.54, 1.807) is 6.92 Å². The molecule has 2 aromatic heterocycles. The lowest BCUT2D eigenvalue weighted by Crippen LogP contribution is -2.27. The summed E-state index contributed by atoms with van der Waals surface area (Å²) in [4.78, 5) is 24.4. The van der Waals surface area contributed by atoms with Crippen LogP contribution in [0.3, 0.4) is 0 Å². The number of carbonyl (C=O) groups is 2. The second kappa shape index (κ2) is 6.49. The van der Waals surface area contributed by atoms with E-state index in [2.05, 4.69) is 10.3 Å². The molecule has 0 aliphatic carbocycles. The highest BCUT2D eigenvalue weighted by Gasteiger charge is 2.28. The summed E-state index contributed by atoms with van der Waals surface area (Å²) in [6.45, 7) is 3.77. The minimum absolute atomic E-state index is 0.0963. The average Bonchev–Trinajstić information content (AvgIpc) is 3.07. The van der Waals surface area contributed by atoms with Crippen LogP contribution in [0.1, 0.15) is 36.8 Å². The molecule has 1 unspecified atom stereocenters. The Morgan fingerprint density at radius 1 is 1.48 bits per heavy atom. The summed E-state index contributed by atoms with van der Waals surface area (Å²) in [7, 11) is 0. The van der Waals surface area contributed by atoms with Gasteiger partial charge in [0.15, 0.2) is 5.69 Å². The van der Waals surface area contributed by atoms with Crippen molar-refractivity contribution in [3.63, 3.8) is 0 Å². The van der Waals surface area contributed by atoms with Crippen molar-refractivity contribution in [2.24, 2.45) is 5.73 Å². The molecular formula is C13H16N4O3S. The number of ether oxygens (including phenoxy) is 1. The topological polar surface area (TPSA) is 100 Å². The minimum Gasteiger partial charge on any atom is -0.461 e. The highest BCUT2D eigenvalue weighted by Crippen LogP contribution is 2.30. The van der Waals surface area contributed by atoms with Crippen LogP contribution < -0.4 is 5.73 Å². The molecule has 7 nitrogen and oxygen atoms in total. The van der Waals surface area contributed by atoms with Gasteiger partial charge in [0.2, 0.25) is 5.91 Å². The third kappa shape index (κ3) is 2.94. The number of nitrogens with zero attached hydrogens (tertiary/aromatic N) is 3. The summed E-state index contributed by atoms with van der Waals surface area (Å²) in [5, 5.41) is 9.69. The molecule has 1 atom stereocenters. The van der Waals surface area contributed by atoms with Gasteiger partial charge in [-0.3, -0.25) is 4.79 Å². The molecule has 0 aliphatic rings. The number of nitrogens with two attached hydrogens (primary N) is 1. The van der Waals surface area contributed by atoms with Gasteiger partial charge in [-0.15, -0.1) is 16.4 Å². The molecule has 0 bridgehead atoms. The molecule has 0 radical (unpaired) electrons. The fourth-order valence-corrected chi connectivity index (χ4v) is 2.75. The van der Waals surface area contributed by atoms with Crippen LogP contribution in [0, 0.1) is 0 Å². The number of hydrogen-bond acceptors (Lipinski definition) is 6. The molecule has 1 amide bonds. The Morgan fingerprint density at radius 3 is 2.76 bits per heavy atom. The van der Waals surface area contributed by atoms with Gasteiger partial charge in [0.05, 0.1) is 11.5 Å². The van der Waals surface area contributed by atoms with E-state index in [0.717, 1.165) is 4.88 Å². The van der Waals surface area contributed by atoms with Crippen molar-refractivity contribution in [3.8, 4) is 10.6 Å². The third-order valence-electron chi connectivity index (χ3n) is 2.93. The normalized spacial score (nSPS) is 12.1. The van der Waals surface area contributed by atoms with Gasteiger partial charge in [-0.2, -0.15) is 0 Å². The number of esters is 1. The minimum atomic E-state index is -0.655. The van der Waals surface area contributed by atoms with Gasteiger partial charge in [0, 0.05) is 0 Å². The largest absolute Gasteiger partial charge is 0.461 e. The van der Waals surface area contributed by atoms with E-state index in [4.69, 9.17) is 10.5 Å². The van der Waals surface area contributed by atoms with Crippen molar-refractivity contribution in [1.82, 2.24) is 15.0 Å². The van der Waals surface area contributed by atoms with Crippen LogP contribution in [0.25, 0.3) is 10.6 Å². The van der Waals surface area contributed by atoms with Gasteiger partial charge < -0.3 is 10.5 Å². The summed E-state index contributed by atoms with van der Waals surface area (Å²) < 4.78 is 6.39. The quantitative estimate of drug-likeness (QED) is 0.817. The van der Waals surface area contributed by atoms with E-state index in [-0.39, 0.29) is 12.3 Å². The lowest BCUT2D eigenvalue weighted by molar-refractivity contribution is -0.121. The number of aromatic nitrogens is 3. The van der Waals surface area contributed by atoms with E-state index in [9.17, 15) is 9.59 Å². The summed E-state index contributed by atoms with van der Waals surface area (Å²) in [6.07, 6.45) is 0.458. The molecule has 2 heterocycles. The van der Waals surface area contributed by atoms with E-state index in [0.29, 0.717) is 12.1 Å². The van der Waals surface area contributed by atoms with E-state index >= 15 is 0 Å². The fourth-order valence-electron chi connectivity index (χ4n) is 1.99. The van der Waals surface area contributed by atoms with Crippen LogP contribution in [0.5, 0.6) is 0 Å². The monoisotopic (exact) mass is 308 g/mol. The lowest BCUT2D eigenvalue weighted by atomic mass is 10.2. The summed E-state index contributed by atoms with van der Waals surface area (Å²) in [5.41, 5.74) is 5.97. The first-order valence-corrected chi connectivity index (χ1v) is 7.43. The smallest absolute Gasteiger partial charge is 0.361 e. The molecule has 0 spiro atoms. The van der Waals surface area contributed by atoms with Crippen LogP contribution in [-0.2, 0) is 9.53 Å². The maximum atomic E-state index is 12.0. The first-order valence-electron chi connectivity index (χ1n) is 6.55. The van der Waals surface area contributed by atoms with E-state index in [1.807, 2.05) is 24.4 Å². The Labute approximate surface area is 125 Å². The molecule has 2 aromatic rings. The Bertz CT molecular complexity index is 636. The molecule has 21 heavy (non-hydrogen) atoms. The van der Waals surface area contributed by atoms with Gasteiger partial charge in [-0.1, -0.05) is 18.2 Å². The number of thiophene rings is 1. The molecule has 0 saturated carbocycles. The molecule has 0 fully saturated rings. The number of primary amides is 1. The Morgan fingerprint density at radius 2 is 2.24 bits per heavy atom. The zero-order valence-corrected chi connectivity index (χ0v) is 12.6. The SMILES string of the molecule is CCOC(=O)c1nnn(C(CC)C(N)=O)c1-c1cccs1. The summed E-state index contributed by atoms with van der Waals surface area (Å²) in [6, 6.07) is 3.02. The highest BCUT2D eigenvalue weighted by molar-refractivity contribution is 7.13. The van der Waals surface area contributed by atoms with Crippen LogP contribution in [-0.4, -0.2) is 33.5 Å². The van der Waals surface area contributed by atoms with E-state index in [1.165, 1.54) is 16.0 Å². The maximum Gasteiger partial charge on any atom is 0.361 e. The number of rotatable bonds is 6. The van der Waals surface area contributed by atoms with Crippen molar-refractivity contribution < 1.29 is 14.3 Å². The zero-order chi connectivity index (χ0) is 15.4. The van der Waals surface area contributed by atoms with Crippen LogP contribution >= 0.6 is 11.3 Å². The lowest BCUT2D eigenvalue weighted by Gasteiger charge is -2.13. The number of hydrogen-bond donors (Lipinski definition) is 1. The Kier molecular flexibility index (Phi) is 4.69. The number of amides is 1. The third-order valence-corrected chi connectivity index (χ3v) is 3.80. The summed E-state index contributed by atoms with van der Waals surface area (Å²) >= 11 is 1.42.